The summed E-state index contributed by atoms with van der Waals surface area (Å²) in [6.07, 6.45) is 0. The Morgan fingerprint density at radius 3 is 2.50 bits per heavy atom. The molecule has 170 valence electrons. The molecule has 0 spiro atoms. The van der Waals surface area contributed by atoms with E-state index in [-0.39, 0.29) is 11.7 Å². The first-order valence-corrected chi connectivity index (χ1v) is 11.0. The zero-order chi connectivity index (χ0) is 23.8. The van der Waals surface area contributed by atoms with Gasteiger partial charge in [0.2, 0.25) is 0 Å². The quantitative estimate of drug-likeness (QED) is 0.358. The van der Waals surface area contributed by atoms with Gasteiger partial charge >= 0.3 is 5.97 Å². The van der Waals surface area contributed by atoms with Crippen LogP contribution in [0.4, 0.5) is 5.69 Å². The number of carbonyl (C=O) groups is 1. The molecule has 0 unspecified atom stereocenters. The smallest absolute Gasteiger partial charge is 0.323 e. The number of nitrogens with one attached hydrogen (secondary N) is 1. The van der Waals surface area contributed by atoms with Crippen LogP contribution >= 0.6 is 0 Å². The summed E-state index contributed by atoms with van der Waals surface area (Å²) in [6, 6.07) is 22.7. The van der Waals surface area contributed by atoms with Gasteiger partial charge in [0.15, 0.2) is 0 Å². The number of hydrogen-bond acceptors (Lipinski definition) is 5. The topological polar surface area (TPSA) is 97.4 Å². The van der Waals surface area contributed by atoms with Crippen LogP contribution in [-0.4, -0.2) is 20.6 Å². The minimum Gasteiger partial charge on any atom is -0.480 e. The second-order valence-corrected chi connectivity index (χ2v) is 8.27. The molecule has 0 saturated heterocycles. The highest BCUT2D eigenvalue weighted by molar-refractivity contribution is 6.05. The number of rotatable bonds is 6. The van der Waals surface area contributed by atoms with Crippen LogP contribution in [0.25, 0.3) is 33.3 Å². The summed E-state index contributed by atoms with van der Waals surface area (Å²) in [6.45, 7) is 3.22. The highest BCUT2D eigenvalue weighted by Crippen LogP contribution is 2.31. The number of hydrogen-bond donors (Lipinski definition) is 2. The Bertz CT molecular complexity index is 1580. The Labute approximate surface area is 195 Å². The van der Waals surface area contributed by atoms with Crippen molar-refractivity contribution in [3.63, 3.8) is 0 Å². The maximum atomic E-state index is 13.4. The molecule has 0 saturated carbocycles. The van der Waals surface area contributed by atoms with Crippen LogP contribution in [0.5, 0.6) is 0 Å². The minimum absolute atomic E-state index is 0.230. The molecule has 7 nitrogen and oxygen atoms in total. The fraction of sp³-hybridized carbons (Fsp3) is 0.148. The molecule has 2 aromatic heterocycles. The molecule has 0 fully saturated rings. The SMILES string of the molecule is Cc1nc(-c2ccccc2)n(CC(=O)O)c(=O)c1N[C@H](C)c1ccc2oc3ccccc3c2c1. The van der Waals surface area contributed by atoms with Gasteiger partial charge in [0.25, 0.3) is 5.56 Å². The van der Waals surface area contributed by atoms with Gasteiger partial charge in [0.1, 0.15) is 29.2 Å². The molecule has 0 aliphatic heterocycles. The molecule has 3 aromatic carbocycles. The molecule has 1 atom stereocenters. The fourth-order valence-corrected chi connectivity index (χ4v) is 4.23. The zero-order valence-corrected chi connectivity index (χ0v) is 18.8. The monoisotopic (exact) mass is 453 g/mol. The largest absolute Gasteiger partial charge is 0.480 e. The summed E-state index contributed by atoms with van der Waals surface area (Å²) in [7, 11) is 0. The molecule has 5 aromatic rings. The number of benzene rings is 3. The van der Waals surface area contributed by atoms with Crippen LogP contribution in [-0.2, 0) is 11.3 Å². The van der Waals surface area contributed by atoms with Crippen molar-refractivity contribution in [1.82, 2.24) is 9.55 Å². The average molecular weight is 453 g/mol. The van der Waals surface area contributed by atoms with Gasteiger partial charge in [-0.3, -0.25) is 14.2 Å². The van der Waals surface area contributed by atoms with Gasteiger partial charge < -0.3 is 14.8 Å². The van der Waals surface area contributed by atoms with Crippen molar-refractivity contribution in [3.8, 4) is 11.4 Å². The molecule has 0 aliphatic rings. The van der Waals surface area contributed by atoms with E-state index in [1.54, 1.807) is 19.1 Å². The molecule has 34 heavy (non-hydrogen) atoms. The molecular formula is C27H23N3O4. The van der Waals surface area contributed by atoms with Crippen LogP contribution in [0.3, 0.4) is 0 Å². The molecule has 0 aliphatic carbocycles. The van der Waals surface area contributed by atoms with Gasteiger partial charge in [-0.05, 0) is 37.6 Å². The summed E-state index contributed by atoms with van der Waals surface area (Å²) in [5, 5.41) is 14.7. The van der Waals surface area contributed by atoms with Gasteiger partial charge in [-0.15, -0.1) is 0 Å². The number of para-hydroxylation sites is 1. The Hall–Kier alpha value is -4.39. The average Bonchev–Trinajstić information content (AvgIpc) is 3.21. The van der Waals surface area contributed by atoms with Crippen LogP contribution in [0.2, 0.25) is 0 Å². The summed E-state index contributed by atoms with van der Waals surface area (Å²) in [4.78, 5) is 29.6. The van der Waals surface area contributed by atoms with Gasteiger partial charge in [0, 0.05) is 22.4 Å². The van der Waals surface area contributed by atoms with E-state index in [0.29, 0.717) is 17.1 Å². The molecule has 2 heterocycles. The van der Waals surface area contributed by atoms with Gasteiger partial charge in [-0.1, -0.05) is 54.6 Å². The number of furan rings is 1. The van der Waals surface area contributed by atoms with E-state index in [4.69, 9.17) is 4.42 Å². The number of fused-ring (bicyclic) bond motifs is 3. The van der Waals surface area contributed by atoms with E-state index in [9.17, 15) is 14.7 Å². The lowest BCUT2D eigenvalue weighted by atomic mass is 10.0. The lowest BCUT2D eigenvalue weighted by Gasteiger charge is -2.19. The number of nitrogens with zero attached hydrogens (tertiary/aromatic N) is 2. The predicted molar refractivity (Wildman–Crippen MR) is 132 cm³/mol. The Kier molecular flexibility index (Phi) is 5.37. The van der Waals surface area contributed by atoms with E-state index in [1.807, 2.05) is 61.5 Å². The molecule has 2 N–H and O–H groups in total. The molecule has 0 radical (unpaired) electrons. The van der Waals surface area contributed by atoms with Crippen LogP contribution in [0, 0.1) is 6.92 Å². The molecule has 0 bridgehead atoms. The second kappa shape index (κ2) is 8.51. The summed E-state index contributed by atoms with van der Waals surface area (Å²) >= 11 is 0. The van der Waals surface area contributed by atoms with Gasteiger partial charge in [-0.25, -0.2) is 4.98 Å². The highest BCUT2D eigenvalue weighted by atomic mass is 16.4. The third-order valence-corrected chi connectivity index (χ3v) is 5.94. The summed E-state index contributed by atoms with van der Waals surface area (Å²) < 4.78 is 7.11. The van der Waals surface area contributed by atoms with Crippen molar-refractivity contribution in [2.24, 2.45) is 0 Å². The third kappa shape index (κ3) is 3.81. The van der Waals surface area contributed by atoms with Crippen molar-refractivity contribution in [2.45, 2.75) is 26.4 Å². The van der Waals surface area contributed by atoms with E-state index < -0.39 is 18.1 Å². The summed E-state index contributed by atoms with van der Waals surface area (Å²) in [5.74, 6) is -0.781. The van der Waals surface area contributed by atoms with E-state index in [0.717, 1.165) is 27.5 Å². The predicted octanol–water partition coefficient (Wildman–Crippen LogP) is 5.38. The first kappa shape index (κ1) is 21.5. The van der Waals surface area contributed by atoms with Gasteiger partial charge in [0.05, 0.1) is 5.69 Å². The van der Waals surface area contributed by atoms with Crippen molar-refractivity contribution in [2.75, 3.05) is 5.32 Å². The lowest BCUT2D eigenvalue weighted by molar-refractivity contribution is -0.137. The zero-order valence-electron chi connectivity index (χ0n) is 18.8. The number of aryl methyl sites for hydroxylation is 1. The van der Waals surface area contributed by atoms with E-state index in [1.165, 1.54) is 4.57 Å². The minimum atomic E-state index is -1.11. The Balaban J connectivity index is 1.55. The van der Waals surface area contributed by atoms with Crippen LogP contribution in [0.1, 0.15) is 24.2 Å². The van der Waals surface area contributed by atoms with Crippen molar-refractivity contribution >= 4 is 33.6 Å². The number of carboxylic acid groups (broad SMARTS) is 1. The third-order valence-electron chi connectivity index (χ3n) is 5.94. The molecule has 0 amide bonds. The van der Waals surface area contributed by atoms with Crippen molar-refractivity contribution in [3.05, 3.63) is 94.4 Å². The maximum Gasteiger partial charge on any atom is 0.323 e. The first-order valence-electron chi connectivity index (χ1n) is 11.0. The van der Waals surface area contributed by atoms with Crippen molar-refractivity contribution in [1.29, 1.82) is 0 Å². The van der Waals surface area contributed by atoms with E-state index >= 15 is 0 Å². The fourth-order valence-electron chi connectivity index (χ4n) is 4.23. The Morgan fingerprint density at radius 2 is 1.74 bits per heavy atom. The second-order valence-electron chi connectivity index (χ2n) is 8.27. The highest BCUT2D eigenvalue weighted by Gasteiger charge is 2.19. The summed E-state index contributed by atoms with van der Waals surface area (Å²) in [5.41, 5.74) is 3.64. The first-order chi connectivity index (χ1) is 16.4. The molecular weight excluding hydrogens is 430 g/mol. The number of aromatic nitrogens is 2. The standard InChI is InChI=1S/C27H23N3O4/c1-16(19-12-13-23-21(14-19)20-10-6-7-11-22(20)34-23)28-25-17(2)29-26(18-8-4-3-5-9-18)30(27(25)33)15-24(31)32/h3-14,16,28H,15H2,1-2H3,(H,31,32)/t16-/m1/s1. The number of anilines is 1. The number of carboxylic acids is 1. The molecule has 5 rings (SSSR count). The molecule has 7 heteroatoms. The Morgan fingerprint density at radius 1 is 1.03 bits per heavy atom. The van der Waals surface area contributed by atoms with Crippen LogP contribution in [0.15, 0.2) is 82.0 Å². The normalized spacial score (nSPS) is 12.2. The van der Waals surface area contributed by atoms with E-state index in [2.05, 4.69) is 16.4 Å². The lowest BCUT2D eigenvalue weighted by Crippen LogP contribution is -2.30. The van der Waals surface area contributed by atoms with Crippen molar-refractivity contribution < 1.29 is 14.3 Å². The number of aliphatic carboxylic acids is 1. The van der Waals surface area contributed by atoms with Gasteiger partial charge in [-0.2, -0.15) is 0 Å². The van der Waals surface area contributed by atoms with Crippen LogP contribution < -0.4 is 10.9 Å². The maximum absolute atomic E-state index is 13.4.